The van der Waals surface area contributed by atoms with Crippen molar-refractivity contribution in [3.05, 3.63) is 59.4 Å². The van der Waals surface area contributed by atoms with Crippen LogP contribution in [0.15, 0.2) is 42.7 Å². The number of aromatic nitrogens is 1. The number of hydrogen-bond acceptors (Lipinski definition) is 3. The van der Waals surface area contributed by atoms with E-state index in [2.05, 4.69) is 4.98 Å². The molecule has 2 aromatic rings. The zero-order valence-corrected chi connectivity index (χ0v) is 15.3. The molecule has 1 aromatic carbocycles. The number of pyridine rings is 1. The number of aryl methyl sites for hydroxylation is 2. The van der Waals surface area contributed by atoms with Crippen molar-refractivity contribution < 1.29 is 9.59 Å². The summed E-state index contributed by atoms with van der Waals surface area (Å²) in [6, 6.07) is 9.68. The van der Waals surface area contributed by atoms with Crippen molar-refractivity contribution in [2.45, 2.75) is 27.2 Å². The van der Waals surface area contributed by atoms with Crippen molar-refractivity contribution in [2.24, 2.45) is 0 Å². The van der Waals surface area contributed by atoms with Crippen LogP contribution in [0.25, 0.3) is 0 Å². The predicted molar refractivity (Wildman–Crippen MR) is 99.5 cm³/mol. The second-order valence-corrected chi connectivity index (χ2v) is 6.29. The van der Waals surface area contributed by atoms with Crippen LogP contribution in [-0.2, 0) is 16.0 Å². The van der Waals surface area contributed by atoms with E-state index in [-0.39, 0.29) is 18.4 Å². The summed E-state index contributed by atoms with van der Waals surface area (Å²) in [6.45, 7) is 6.15. The number of benzene rings is 1. The van der Waals surface area contributed by atoms with Gasteiger partial charge in [0.05, 0.1) is 0 Å². The van der Waals surface area contributed by atoms with E-state index in [4.69, 9.17) is 0 Å². The minimum Gasteiger partial charge on any atom is -0.344 e. The van der Waals surface area contributed by atoms with E-state index >= 15 is 0 Å². The highest BCUT2D eigenvalue weighted by molar-refractivity contribution is 5.97. The Kier molecular flexibility index (Phi) is 6.28. The summed E-state index contributed by atoms with van der Waals surface area (Å²) in [7, 11) is 1.77. The molecular formula is C20H25N3O2. The van der Waals surface area contributed by atoms with Gasteiger partial charge in [-0.15, -0.1) is 0 Å². The number of rotatable bonds is 6. The zero-order chi connectivity index (χ0) is 18.4. The Morgan fingerprint density at radius 2 is 1.72 bits per heavy atom. The quantitative estimate of drug-likeness (QED) is 0.813. The second kappa shape index (κ2) is 8.42. The van der Waals surface area contributed by atoms with Gasteiger partial charge < -0.3 is 9.80 Å². The lowest BCUT2D eigenvalue weighted by molar-refractivity contribution is -0.130. The van der Waals surface area contributed by atoms with Gasteiger partial charge in [0.15, 0.2) is 0 Å². The Hall–Kier alpha value is -2.69. The molecule has 0 unspecified atom stereocenters. The molecule has 0 N–H and O–H groups in total. The molecule has 5 nitrogen and oxygen atoms in total. The number of hydrogen-bond donors (Lipinski definition) is 0. The molecule has 0 radical (unpaired) electrons. The van der Waals surface area contributed by atoms with E-state index in [0.29, 0.717) is 6.54 Å². The normalized spacial score (nSPS) is 10.4. The van der Waals surface area contributed by atoms with Gasteiger partial charge in [0.1, 0.15) is 6.54 Å². The van der Waals surface area contributed by atoms with Crippen LogP contribution >= 0.6 is 0 Å². The Balaban J connectivity index is 2.01. The van der Waals surface area contributed by atoms with Gasteiger partial charge in [0, 0.05) is 38.6 Å². The number of anilines is 1. The van der Waals surface area contributed by atoms with Crippen molar-refractivity contribution in [3.8, 4) is 0 Å². The molecule has 0 fully saturated rings. The Labute approximate surface area is 149 Å². The molecule has 5 heteroatoms. The predicted octanol–water partition coefficient (Wildman–Crippen LogP) is 2.75. The Morgan fingerprint density at radius 1 is 1.04 bits per heavy atom. The molecule has 25 heavy (non-hydrogen) atoms. The van der Waals surface area contributed by atoms with Gasteiger partial charge in [0.25, 0.3) is 0 Å². The molecule has 132 valence electrons. The third-order valence-corrected chi connectivity index (χ3v) is 4.39. The fraction of sp³-hybridized carbons (Fsp3) is 0.350. The van der Waals surface area contributed by atoms with Crippen molar-refractivity contribution in [1.82, 2.24) is 9.88 Å². The third kappa shape index (κ3) is 5.14. The van der Waals surface area contributed by atoms with Crippen LogP contribution in [-0.4, -0.2) is 41.8 Å². The average molecular weight is 339 g/mol. The van der Waals surface area contributed by atoms with Crippen molar-refractivity contribution in [2.75, 3.05) is 25.0 Å². The first kappa shape index (κ1) is 18.6. The molecule has 0 bridgehead atoms. The van der Waals surface area contributed by atoms with E-state index in [1.807, 2.05) is 44.2 Å². The first-order valence-corrected chi connectivity index (χ1v) is 8.36. The third-order valence-electron chi connectivity index (χ3n) is 4.39. The van der Waals surface area contributed by atoms with Gasteiger partial charge in [-0.3, -0.25) is 14.6 Å². The zero-order valence-electron chi connectivity index (χ0n) is 15.3. The summed E-state index contributed by atoms with van der Waals surface area (Å²) in [6.07, 6.45) is 4.25. The number of carbonyl (C=O) groups excluding carboxylic acids is 2. The minimum absolute atomic E-state index is 0.0463. The Bertz CT molecular complexity index is 744. The molecule has 1 heterocycles. The first-order chi connectivity index (χ1) is 11.9. The summed E-state index contributed by atoms with van der Waals surface area (Å²) in [4.78, 5) is 31.7. The van der Waals surface area contributed by atoms with E-state index in [0.717, 1.165) is 28.8 Å². The van der Waals surface area contributed by atoms with Gasteiger partial charge in [-0.1, -0.05) is 6.07 Å². The van der Waals surface area contributed by atoms with Crippen molar-refractivity contribution in [1.29, 1.82) is 0 Å². The van der Waals surface area contributed by atoms with E-state index in [1.54, 1.807) is 24.3 Å². The molecule has 0 saturated carbocycles. The number of nitrogens with zero attached hydrogens (tertiary/aromatic N) is 3. The highest BCUT2D eigenvalue weighted by Gasteiger charge is 2.18. The van der Waals surface area contributed by atoms with Crippen molar-refractivity contribution in [3.63, 3.8) is 0 Å². The van der Waals surface area contributed by atoms with E-state index in [9.17, 15) is 9.59 Å². The van der Waals surface area contributed by atoms with Gasteiger partial charge in [0.2, 0.25) is 11.8 Å². The Morgan fingerprint density at radius 3 is 2.32 bits per heavy atom. The molecule has 0 aliphatic rings. The summed E-state index contributed by atoms with van der Waals surface area (Å²) >= 11 is 0. The second-order valence-electron chi connectivity index (χ2n) is 6.29. The van der Waals surface area contributed by atoms with Crippen LogP contribution in [0.2, 0.25) is 0 Å². The lowest BCUT2D eigenvalue weighted by atomic mass is 10.1. The maximum atomic E-state index is 12.5. The van der Waals surface area contributed by atoms with E-state index in [1.165, 1.54) is 11.8 Å². The lowest BCUT2D eigenvalue weighted by Crippen LogP contribution is -2.41. The number of amides is 2. The molecule has 2 amide bonds. The van der Waals surface area contributed by atoms with Crippen LogP contribution in [0, 0.1) is 13.8 Å². The number of carbonyl (C=O) groups is 2. The largest absolute Gasteiger partial charge is 0.344 e. The molecule has 0 spiro atoms. The van der Waals surface area contributed by atoms with E-state index < -0.39 is 0 Å². The van der Waals surface area contributed by atoms with Gasteiger partial charge >= 0.3 is 0 Å². The highest BCUT2D eigenvalue weighted by Crippen LogP contribution is 2.19. The first-order valence-electron chi connectivity index (χ1n) is 8.36. The highest BCUT2D eigenvalue weighted by atomic mass is 16.2. The van der Waals surface area contributed by atoms with Gasteiger partial charge in [-0.25, -0.2) is 0 Å². The molecule has 2 rings (SSSR count). The maximum Gasteiger partial charge on any atom is 0.242 e. The topological polar surface area (TPSA) is 53.5 Å². The maximum absolute atomic E-state index is 12.5. The van der Waals surface area contributed by atoms with Crippen LogP contribution in [0.4, 0.5) is 5.69 Å². The summed E-state index contributed by atoms with van der Waals surface area (Å²) in [5.41, 5.74) is 4.15. The van der Waals surface area contributed by atoms with Crippen LogP contribution in [0.1, 0.15) is 23.6 Å². The van der Waals surface area contributed by atoms with Crippen molar-refractivity contribution >= 4 is 17.5 Å². The van der Waals surface area contributed by atoms with Crippen LogP contribution in [0.3, 0.4) is 0 Å². The molecule has 0 atom stereocenters. The van der Waals surface area contributed by atoms with Crippen LogP contribution < -0.4 is 4.90 Å². The SMILES string of the molecule is CC(=O)N(CC(=O)N(C)CCc1ccncc1)c1ccc(C)c(C)c1. The summed E-state index contributed by atoms with van der Waals surface area (Å²) in [5, 5.41) is 0. The molecule has 1 aromatic heterocycles. The van der Waals surface area contributed by atoms with Gasteiger partial charge in [-0.2, -0.15) is 0 Å². The summed E-state index contributed by atoms with van der Waals surface area (Å²) in [5.74, 6) is -0.221. The fourth-order valence-electron chi connectivity index (χ4n) is 2.50. The molecule has 0 aliphatic carbocycles. The number of likely N-dealkylation sites (N-methyl/N-ethyl adjacent to an activating group) is 1. The fourth-order valence-corrected chi connectivity index (χ4v) is 2.50. The standard InChI is InChI=1S/C20H25N3O2/c1-15-5-6-19(13-16(15)2)23(17(3)24)14-20(25)22(4)12-9-18-7-10-21-11-8-18/h5-8,10-11,13H,9,12,14H2,1-4H3. The lowest BCUT2D eigenvalue weighted by Gasteiger charge is -2.25. The molecule has 0 saturated heterocycles. The van der Waals surface area contributed by atoms with Gasteiger partial charge in [-0.05, 0) is 61.2 Å². The minimum atomic E-state index is -0.140. The average Bonchev–Trinajstić information content (AvgIpc) is 2.60. The smallest absolute Gasteiger partial charge is 0.242 e. The molecular weight excluding hydrogens is 314 g/mol. The monoisotopic (exact) mass is 339 g/mol. The van der Waals surface area contributed by atoms with Crippen LogP contribution in [0.5, 0.6) is 0 Å². The summed E-state index contributed by atoms with van der Waals surface area (Å²) < 4.78 is 0. The molecule has 0 aliphatic heterocycles.